The van der Waals surface area contributed by atoms with Crippen molar-refractivity contribution in [1.29, 1.82) is 0 Å². The van der Waals surface area contributed by atoms with Gasteiger partial charge in [-0.2, -0.15) is 0 Å². The van der Waals surface area contributed by atoms with Gasteiger partial charge in [0.15, 0.2) is 5.96 Å². The number of unbranched alkanes of at least 4 members (excludes halogenated alkanes) is 1. The highest BCUT2D eigenvalue weighted by Gasteiger charge is 2.00. The van der Waals surface area contributed by atoms with Crippen LogP contribution in [-0.2, 0) is 11.2 Å². The number of aliphatic imine (C=N–C) groups is 1. The van der Waals surface area contributed by atoms with E-state index in [2.05, 4.69) is 41.4 Å². The molecular formula is C15H29IN4OS. The van der Waals surface area contributed by atoms with Gasteiger partial charge in [0.1, 0.15) is 0 Å². The standard InChI is InChI=1S/C15H28N4OS.HI/c1-4-6-10-20-11-9-18-15(16-5-2)17-8-7-14-19-12-13(3)21-14;/h12H,4-11H2,1-3H3,(H2,16,17,18);1H. The minimum atomic E-state index is 0. The molecule has 7 heteroatoms. The maximum atomic E-state index is 5.51. The van der Waals surface area contributed by atoms with Gasteiger partial charge in [0.25, 0.3) is 0 Å². The van der Waals surface area contributed by atoms with Gasteiger partial charge in [-0.05, 0) is 20.3 Å². The van der Waals surface area contributed by atoms with E-state index in [1.807, 2.05) is 6.20 Å². The van der Waals surface area contributed by atoms with E-state index in [-0.39, 0.29) is 24.0 Å². The average molecular weight is 440 g/mol. The van der Waals surface area contributed by atoms with Crippen LogP contribution in [0.25, 0.3) is 0 Å². The Morgan fingerprint density at radius 1 is 1.32 bits per heavy atom. The van der Waals surface area contributed by atoms with Crippen LogP contribution < -0.4 is 10.6 Å². The summed E-state index contributed by atoms with van der Waals surface area (Å²) in [4.78, 5) is 10.1. The molecule has 128 valence electrons. The van der Waals surface area contributed by atoms with E-state index in [0.717, 1.165) is 38.5 Å². The molecule has 22 heavy (non-hydrogen) atoms. The lowest BCUT2D eigenvalue weighted by atomic mass is 10.4. The largest absolute Gasteiger partial charge is 0.380 e. The van der Waals surface area contributed by atoms with Gasteiger partial charge in [0.05, 0.1) is 18.2 Å². The molecule has 0 aromatic carbocycles. The third kappa shape index (κ3) is 10.3. The fourth-order valence-electron chi connectivity index (χ4n) is 1.72. The normalized spacial score (nSPS) is 11.1. The summed E-state index contributed by atoms with van der Waals surface area (Å²) in [5.74, 6) is 0.852. The number of nitrogens with one attached hydrogen (secondary N) is 2. The molecule has 0 bridgehead atoms. The lowest BCUT2D eigenvalue weighted by Gasteiger charge is -2.10. The Kier molecular flexibility index (Phi) is 13.9. The van der Waals surface area contributed by atoms with Gasteiger partial charge in [-0.15, -0.1) is 35.3 Å². The van der Waals surface area contributed by atoms with E-state index in [9.17, 15) is 0 Å². The zero-order chi connectivity index (χ0) is 15.3. The van der Waals surface area contributed by atoms with Crippen molar-refractivity contribution >= 4 is 41.3 Å². The topological polar surface area (TPSA) is 58.5 Å². The molecule has 5 nitrogen and oxygen atoms in total. The third-order valence-electron chi connectivity index (χ3n) is 2.79. The zero-order valence-electron chi connectivity index (χ0n) is 13.9. The van der Waals surface area contributed by atoms with Crippen LogP contribution in [0.3, 0.4) is 0 Å². The van der Waals surface area contributed by atoms with Gasteiger partial charge in [-0.1, -0.05) is 13.3 Å². The number of nitrogens with zero attached hydrogens (tertiary/aromatic N) is 2. The van der Waals surface area contributed by atoms with Gasteiger partial charge >= 0.3 is 0 Å². The molecule has 0 atom stereocenters. The minimum absolute atomic E-state index is 0. The number of hydrogen-bond donors (Lipinski definition) is 2. The van der Waals surface area contributed by atoms with Crippen molar-refractivity contribution in [2.24, 2.45) is 4.99 Å². The molecule has 0 amide bonds. The number of ether oxygens (including phenoxy) is 1. The Hall–Kier alpha value is -0.410. The molecule has 0 unspecified atom stereocenters. The van der Waals surface area contributed by atoms with E-state index in [1.165, 1.54) is 16.3 Å². The molecule has 0 spiro atoms. The molecular weight excluding hydrogens is 411 g/mol. The second-order valence-corrected chi connectivity index (χ2v) is 6.09. The third-order valence-corrected chi connectivity index (χ3v) is 3.76. The van der Waals surface area contributed by atoms with Crippen LogP contribution in [0.1, 0.15) is 36.6 Å². The van der Waals surface area contributed by atoms with E-state index in [1.54, 1.807) is 11.3 Å². The first-order valence-electron chi connectivity index (χ1n) is 7.77. The van der Waals surface area contributed by atoms with Crippen LogP contribution in [-0.4, -0.2) is 43.8 Å². The molecule has 0 fully saturated rings. The summed E-state index contributed by atoms with van der Waals surface area (Å²) in [5.41, 5.74) is 0. The molecule has 0 aliphatic rings. The highest BCUT2D eigenvalue weighted by molar-refractivity contribution is 14.0. The molecule has 1 aromatic rings. The number of hydrogen-bond acceptors (Lipinski definition) is 4. The first kappa shape index (κ1) is 21.6. The fourth-order valence-corrected chi connectivity index (χ4v) is 2.50. The summed E-state index contributed by atoms with van der Waals surface area (Å²) in [6.45, 7) is 10.2. The van der Waals surface area contributed by atoms with Crippen molar-refractivity contribution in [3.05, 3.63) is 16.1 Å². The molecule has 0 saturated carbocycles. The maximum absolute atomic E-state index is 5.51. The second kappa shape index (κ2) is 14.2. The Morgan fingerprint density at radius 2 is 2.14 bits per heavy atom. The van der Waals surface area contributed by atoms with Crippen LogP contribution in [0.15, 0.2) is 11.2 Å². The number of aryl methyl sites for hydroxylation is 1. The van der Waals surface area contributed by atoms with Crippen LogP contribution >= 0.6 is 35.3 Å². The predicted octanol–water partition coefficient (Wildman–Crippen LogP) is 2.98. The van der Waals surface area contributed by atoms with Crippen molar-refractivity contribution < 1.29 is 4.74 Å². The van der Waals surface area contributed by atoms with E-state index in [0.29, 0.717) is 13.2 Å². The fraction of sp³-hybridized carbons (Fsp3) is 0.733. The van der Waals surface area contributed by atoms with Crippen molar-refractivity contribution in [3.8, 4) is 0 Å². The van der Waals surface area contributed by atoms with Gasteiger partial charge in [0.2, 0.25) is 0 Å². The molecule has 2 N–H and O–H groups in total. The number of halogens is 1. The van der Waals surface area contributed by atoms with Crippen LogP contribution in [0.5, 0.6) is 0 Å². The summed E-state index contributed by atoms with van der Waals surface area (Å²) < 4.78 is 5.51. The SMILES string of the molecule is CCCCOCCN=C(NCC)NCCc1ncc(C)s1.I. The number of rotatable bonds is 10. The molecule has 0 aliphatic heterocycles. The molecule has 0 aliphatic carbocycles. The van der Waals surface area contributed by atoms with Crippen LogP contribution in [0.2, 0.25) is 0 Å². The first-order valence-corrected chi connectivity index (χ1v) is 8.59. The summed E-state index contributed by atoms with van der Waals surface area (Å²) in [7, 11) is 0. The van der Waals surface area contributed by atoms with Crippen molar-refractivity contribution in [3.63, 3.8) is 0 Å². The first-order chi connectivity index (χ1) is 10.3. The van der Waals surface area contributed by atoms with Crippen LogP contribution in [0.4, 0.5) is 0 Å². The summed E-state index contributed by atoms with van der Waals surface area (Å²) in [6, 6.07) is 0. The van der Waals surface area contributed by atoms with E-state index in [4.69, 9.17) is 4.74 Å². The highest BCUT2D eigenvalue weighted by atomic mass is 127. The Morgan fingerprint density at radius 3 is 2.77 bits per heavy atom. The Labute approximate surface area is 155 Å². The average Bonchev–Trinajstić information content (AvgIpc) is 2.88. The van der Waals surface area contributed by atoms with Gasteiger partial charge in [0, 0.05) is 37.2 Å². The van der Waals surface area contributed by atoms with Crippen LogP contribution in [0, 0.1) is 6.92 Å². The number of aromatic nitrogens is 1. The second-order valence-electron chi connectivity index (χ2n) is 4.77. The van der Waals surface area contributed by atoms with E-state index >= 15 is 0 Å². The highest BCUT2D eigenvalue weighted by Crippen LogP contribution is 2.10. The molecule has 1 rings (SSSR count). The van der Waals surface area contributed by atoms with Gasteiger partial charge < -0.3 is 15.4 Å². The Bertz CT molecular complexity index is 412. The molecule has 0 saturated heterocycles. The Balaban J connectivity index is 0.00000441. The zero-order valence-corrected chi connectivity index (χ0v) is 17.0. The predicted molar refractivity (Wildman–Crippen MR) is 106 cm³/mol. The molecule has 0 radical (unpaired) electrons. The van der Waals surface area contributed by atoms with Crippen molar-refractivity contribution in [2.75, 3.05) is 32.8 Å². The maximum Gasteiger partial charge on any atom is 0.191 e. The lowest BCUT2D eigenvalue weighted by molar-refractivity contribution is 0.139. The van der Waals surface area contributed by atoms with E-state index < -0.39 is 0 Å². The minimum Gasteiger partial charge on any atom is -0.380 e. The quantitative estimate of drug-likeness (QED) is 0.254. The number of thiazole rings is 1. The number of guanidine groups is 1. The lowest BCUT2D eigenvalue weighted by Crippen LogP contribution is -2.38. The summed E-state index contributed by atoms with van der Waals surface area (Å²) >= 11 is 1.75. The van der Waals surface area contributed by atoms with Crippen molar-refractivity contribution in [1.82, 2.24) is 15.6 Å². The van der Waals surface area contributed by atoms with Gasteiger partial charge in [-0.25, -0.2) is 4.98 Å². The van der Waals surface area contributed by atoms with Gasteiger partial charge in [-0.3, -0.25) is 4.99 Å². The monoisotopic (exact) mass is 440 g/mol. The van der Waals surface area contributed by atoms with Crippen molar-refractivity contribution in [2.45, 2.75) is 40.0 Å². The smallest absolute Gasteiger partial charge is 0.191 e. The molecule has 1 aromatic heterocycles. The summed E-state index contributed by atoms with van der Waals surface area (Å²) in [6.07, 6.45) is 5.14. The summed E-state index contributed by atoms with van der Waals surface area (Å²) in [5, 5.41) is 7.74. The molecule has 1 heterocycles.